The minimum atomic E-state index is -0.925. The molecule has 6 rings (SSSR count). The molecule has 8 heteroatoms. The van der Waals surface area contributed by atoms with Crippen molar-refractivity contribution in [2.24, 2.45) is 0 Å². The normalized spacial score (nSPS) is 19.2. The Morgan fingerprint density at radius 1 is 1.00 bits per heavy atom. The molecule has 0 aliphatic carbocycles. The van der Waals surface area contributed by atoms with Crippen LogP contribution in [-0.4, -0.2) is 47.3 Å². The summed E-state index contributed by atoms with van der Waals surface area (Å²) in [5.74, 6) is -1.05. The largest absolute Gasteiger partial charge is 0.478 e. The van der Waals surface area contributed by atoms with Gasteiger partial charge in [0.1, 0.15) is 11.2 Å². The topological polar surface area (TPSA) is 90.9 Å². The summed E-state index contributed by atoms with van der Waals surface area (Å²) in [5, 5.41) is 19.5. The second kappa shape index (κ2) is 11.8. The summed E-state index contributed by atoms with van der Waals surface area (Å²) >= 11 is 1.52. The summed E-state index contributed by atoms with van der Waals surface area (Å²) in [6, 6.07) is 23.9. The van der Waals surface area contributed by atoms with E-state index in [1.54, 1.807) is 0 Å². The van der Waals surface area contributed by atoms with Gasteiger partial charge >= 0.3 is 5.97 Å². The zero-order chi connectivity index (χ0) is 27.5. The van der Waals surface area contributed by atoms with E-state index in [-0.39, 0.29) is 18.2 Å². The van der Waals surface area contributed by atoms with Gasteiger partial charge in [0.25, 0.3) is 5.91 Å². The molecule has 3 heterocycles. The highest BCUT2D eigenvalue weighted by Crippen LogP contribution is 2.40. The maximum Gasteiger partial charge on any atom is 0.338 e. The van der Waals surface area contributed by atoms with Gasteiger partial charge in [0.05, 0.1) is 5.56 Å². The van der Waals surface area contributed by atoms with E-state index in [2.05, 4.69) is 27.7 Å². The number of carbonyl (C=O) groups is 2. The van der Waals surface area contributed by atoms with Crippen molar-refractivity contribution in [2.45, 2.75) is 51.0 Å². The SMILES string of the molecule is O=C(NC[C@@H]1Cc2c(sc(NC3CCCCO3)c2C(=O)O)CN1Cc1ccccc1)c1ccc2ccccc2c1. The summed E-state index contributed by atoms with van der Waals surface area (Å²) in [7, 11) is 0. The Labute approximate surface area is 237 Å². The van der Waals surface area contributed by atoms with Crippen LogP contribution in [-0.2, 0) is 24.2 Å². The van der Waals surface area contributed by atoms with Crippen LogP contribution in [0, 0.1) is 0 Å². The van der Waals surface area contributed by atoms with Crippen LogP contribution < -0.4 is 10.6 Å². The first kappa shape index (κ1) is 26.5. The van der Waals surface area contributed by atoms with Crippen LogP contribution in [0.5, 0.6) is 0 Å². The van der Waals surface area contributed by atoms with Crippen molar-refractivity contribution in [3.05, 3.63) is 99.9 Å². The van der Waals surface area contributed by atoms with Crippen molar-refractivity contribution in [1.82, 2.24) is 10.2 Å². The number of thiophene rings is 1. The van der Waals surface area contributed by atoms with Crippen molar-refractivity contribution >= 4 is 39.0 Å². The van der Waals surface area contributed by atoms with Crippen LogP contribution in [0.1, 0.15) is 56.0 Å². The van der Waals surface area contributed by atoms with Crippen molar-refractivity contribution in [3.8, 4) is 0 Å². The summed E-state index contributed by atoms with van der Waals surface area (Å²) in [6.07, 6.45) is 3.35. The fourth-order valence-corrected chi connectivity index (χ4v) is 7.00. The zero-order valence-electron chi connectivity index (χ0n) is 22.3. The third-order valence-corrected chi connectivity index (χ3v) is 8.97. The fourth-order valence-electron chi connectivity index (χ4n) is 5.71. The molecule has 2 atom stereocenters. The molecular weight excluding hydrogens is 522 g/mol. The van der Waals surface area contributed by atoms with Gasteiger partial charge in [-0.25, -0.2) is 4.79 Å². The molecule has 1 unspecified atom stereocenters. The molecule has 4 aromatic rings. The lowest BCUT2D eigenvalue weighted by atomic mass is 9.95. The van der Waals surface area contributed by atoms with Crippen molar-refractivity contribution in [1.29, 1.82) is 0 Å². The summed E-state index contributed by atoms with van der Waals surface area (Å²) in [4.78, 5) is 29.1. The number of ether oxygens (including phenoxy) is 1. The molecule has 1 aromatic heterocycles. The Morgan fingerprint density at radius 3 is 2.58 bits per heavy atom. The van der Waals surface area contributed by atoms with E-state index in [9.17, 15) is 14.7 Å². The molecule has 1 fully saturated rings. The van der Waals surface area contributed by atoms with Crippen LogP contribution in [0.2, 0.25) is 0 Å². The number of carboxylic acids is 1. The van der Waals surface area contributed by atoms with Crippen molar-refractivity contribution < 1.29 is 19.4 Å². The minimum Gasteiger partial charge on any atom is -0.478 e. The number of anilines is 1. The standard InChI is InChI=1S/C32H33N3O4S/c36-30(24-14-13-22-10-4-5-11-23(22)16-24)33-18-25-17-26-27(20-35(25)19-21-8-2-1-3-9-21)40-31(29(26)32(37)38)34-28-12-6-7-15-39-28/h1-5,8-11,13-14,16,25,28,34H,6-7,12,15,17-20H2,(H,33,36)(H,37,38)/t25-,28?/m0/s1. The van der Waals surface area contributed by atoms with E-state index >= 15 is 0 Å². The van der Waals surface area contributed by atoms with Gasteiger partial charge in [0.15, 0.2) is 0 Å². The molecule has 2 aliphatic heterocycles. The number of amides is 1. The second-order valence-corrected chi connectivity index (χ2v) is 11.6. The molecule has 7 nitrogen and oxygen atoms in total. The number of hydrogen-bond acceptors (Lipinski definition) is 6. The van der Waals surface area contributed by atoms with E-state index in [1.165, 1.54) is 16.9 Å². The van der Waals surface area contributed by atoms with Crippen LogP contribution in [0.3, 0.4) is 0 Å². The third-order valence-electron chi connectivity index (χ3n) is 7.82. The highest BCUT2D eigenvalue weighted by Gasteiger charge is 2.34. The first-order valence-electron chi connectivity index (χ1n) is 13.9. The van der Waals surface area contributed by atoms with Gasteiger partial charge in [-0.15, -0.1) is 11.3 Å². The lowest BCUT2D eigenvalue weighted by molar-refractivity contribution is 0.0344. The summed E-state index contributed by atoms with van der Waals surface area (Å²) < 4.78 is 5.85. The highest BCUT2D eigenvalue weighted by atomic mass is 32.1. The average molecular weight is 556 g/mol. The summed E-state index contributed by atoms with van der Waals surface area (Å²) in [6.45, 7) is 2.45. The molecule has 1 amide bonds. The lowest BCUT2D eigenvalue weighted by Crippen LogP contribution is -2.47. The van der Waals surface area contributed by atoms with Gasteiger partial charge in [0, 0.05) is 42.7 Å². The first-order valence-corrected chi connectivity index (χ1v) is 14.7. The molecule has 1 saturated heterocycles. The number of aromatic carboxylic acids is 1. The Bertz CT molecular complexity index is 1510. The number of nitrogens with zero attached hydrogens (tertiary/aromatic N) is 1. The highest BCUT2D eigenvalue weighted by molar-refractivity contribution is 7.16. The number of carbonyl (C=O) groups excluding carboxylic acids is 1. The number of benzene rings is 3. The molecule has 0 saturated carbocycles. The van der Waals surface area contributed by atoms with Gasteiger partial charge in [-0.3, -0.25) is 9.69 Å². The Hall–Kier alpha value is -3.72. The minimum absolute atomic E-state index is 0.0522. The molecule has 0 bridgehead atoms. The van der Waals surface area contributed by atoms with Crippen LogP contribution in [0.15, 0.2) is 72.8 Å². The number of rotatable bonds is 8. The van der Waals surface area contributed by atoms with E-state index in [0.717, 1.165) is 40.5 Å². The molecular formula is C32H33N3O4S. The molecule has 2 aliphatic rings. The smallest absolute Gasteiger partial charge is 0.338 e. The Balaban J connectivity index is 1.25. The lowest BCUT2D eigenvalue weighted by Gasteiger charge is -2.36. The van der Waals surface area contributed by atoms with E-state index < -0.39 is 5.97 Å². The van der Waals surface area contributed by atoms with Crippen LogP contribution >= 0.6 is 11.3 Å². The molecule has 0 radical (unpaired) electrons. The van der Waals surface area contributed by atoms with E-state index in [4.69, 9.17) is 4.74 Å². The van der Waals surface area contributed by atoms with Crippen LogP contribution in [0.25, 0.3) is 10.8 Å². The Morgan fingerprint density at radius 2 is 1.80 bits per heavy atom. The summed E-state index contributed by atoms with van der Waals surface area (Å²) in [5.41, 5.74) is 3.01. The van der Waals surface area contributed by atoms with E-state index in [1.807, 2.05) is 60.7 Å². The van der Waals surface area contributed by atoms with Crippen LogP contribution in [0.4, 0.5) is 5.00 Å². The molecule has 3 aromatic carbocycles. The van der Waals surface area contributed by atoms with Crippen molar-refractivity contribution in [2.75, 3.05) is 18.5 Å². The predicted octanol–water partition coefficient (Wildman–Crippen LogP) is 5.89. The predicted molar refractivity (Wildman–Crippen MR) is 158 cm³/mol. The zero-order valence-corrected chi connectivity index (χ0v) is 23.1. The second-order valence-electron chi connectivity index (χ2n) is 10.5. The molecule has 40 heavy (non-hydrogen) atoms. The average Bonchev–Trinajstić information content (AvgIpc) is 3.33. The first-order chi connectivity index (χ1) is 19.5. The third kappa shape index (κ3) is 5.75. The van der Waals surface area contributed by atoms with Gasteiger partial charge < -0.3 is 20.5 Å². The van der Waals surface area contributed by atoms with Gasteiger partial charge in [0.2, 0.25) is 0 Å². The number of hydrogen-bond donors (Lipinski definition) is 3. The van der Waals surface area contributed by atoms with Gasteiger partial charge in [-0.05, 0) is 59.7 Å². The Kier molecular flexibility index (Phi) is 7.82. The molecule has 206 valence electrons. The molecule has 0 spiro atoms. The fraction of sp³-hybridized carbons (Fsp3) is 0.312. The van der Waals surface area contributed by atoms with Gasteiger partial charge in [-0.2, -0.15) is 0 Å². The number of carboxylic acid groups (broad SMARTS) is 1. The maximum absolute atomic E-state index is 13.2. The van der Waals surface area contributed by atoms with E-state index in [0.29, 0.717) is 48.8 Å². The number of fused-ring (bicyclic) bond motifs is 2. The molecule has 3 N–H and O–H groups in total. The number of nitrogens with one attached hydrogen (secondary N) is 2. The van der Waals surface area contributed by atoms with Gasteiger partial charge in [-0.1, -0.05) is 60.7 Å². The monoisotopic (exact) mass is 555 g/mol. The maximum atomic E-state index is 13.2. The quantitative estimate of drug-likeness (QED) is 0.251. The van der Waals surface area contributed by atoms with Crippen molar-refractivity contribution in [3.63, 3.8) is 0 Å².